The molecule has 38 heavy (non-hydrogen) atoms. The van der Waals surface area contributed by atoms with Gasteiger partial charge in [0.2, 0.25) is 0 Å². The quantitative estimate of drug-likeness (QED) is 0.347. The SMILES string of the molecule is CCC1CCc2c(sc(NC(=O)c3ccc(C(=O)Nc4sc5c(c4C#N)CCC(CC)C5)cc3)c2C#N)C1. The lowest BCUT2D eigenvalue weighted by molar-refractivity contribution is 0.101. The second-order valence-corrected chi connectivity index (χ2v) is 12.4. The number of amides is 2. The third-order valence-electron chi connectivity index (χ3n) is 7.98. The largest absolute Gasteiger partial charge is 0.312 e. The third-order valence-corrected chi connectivity index (χ3v) is 10.3. The van der Waals surface area contributed by atoms with Gasteiger partial charge in [-0.2, -0.15) is 10.5 Å². The summed E-state index contributed by atoms with van der Waals surface area (Å²) in [6.07, 6.45) is 8.08. The summed E-state index contributed by atoms with van der Waals surface area (Å²) in [7, 11) is 0. The van der Waals surface area contributed by atoms with Crippen LogP contribution in [0.15, 0.2) is 24.3 Å². The van der Waals surface area contributed by atoms with Crippen molar-refractivity contribution in [1.29, 1.82) is 10.5 Å². The van der Waals surface area contributed by atoms with Crippen LogP contribution in [0.5, 0.6) is 0 Å². The lowest BCUT2D eigenvalue weighted by Gasteiger charge is -2.20. The van der Waals surface area contributed by atoms with Gasteiger partial charge in [-0.05, 0) is 85.8 Å². The van der Waals surface area contributed by atoms with Gasteiger partial charge in [-0.3, -0.25) is 9.59 Å². The van der Waals surface area contributed by atoms with Crippen molar-refractivity contribution in [3.8, 4) is 12.1 Å². The number of carbonyl (C=O) groups excluding carboxylic acids is 2. The molecule has 3 aromatic rings. The Morgan fingerprint density at radius 1 is 0.789 bits per heavy atom. The molecule has 2 atom stereocenters. The molecule has 8 heteroatoms. The van der Waals surface area contributed by atoms with Gasteiger partial charge in [0.15, 0.2) is 0 Å². The van der Waals surface area contributed by atoms with Crippen LogP contribution in [0.3, 0.4) is 0 Å². The average molecular weight is 543 g/mol. The first-order chi connectivity index (χ1) is 18.4. The summed E-state index contributed by atoms with van der Waals surface area (Å²) in [5, 5.41) is 26.6. The first kappa shape index (κ1) is 26.2. The summed E-state index contributed by atoms with van der Waals surface area (Å²) < 4.78 is 0. The number of nitriles is 2. The first-order valence-corrected chi connectivity index (χ1v) is 14.9. The molecule has 1 aromatic carbocycles. The van der Waals surface area contributed by atoms with Gasteiger partial charge in [0, 0.05) is 20.9 Å². The molecule has 5 rings (SSSR count). The Balaban J connectivity index is 1.28. The summed E-state index contributed by atoms with van der Waals surface area (Å²) in [6, 6.07) is 11.1. The van der Waals surface area contributed by atoms with Crippen LogP contribution in [0, 0.1) is 34.5 Å². The van der Waals surface area contributed by atoms with Crippen LogP contribution in [0.4, 0.5) is 10.0 Å². The Kier molecular flexibility index (Phi) is 7.65. The molecule has 6 nitrogen and oxygen atoms in total. The second-order valence-electron chi connectivity index (χ2n) is 10.2. The number of rotatable bonds is 6. The number of benzene rings is 1. The molecule has 2 unspecified atom stereocenters. The van der Waals surface area contributed by atoms with Crippen LogP contribution in [0.1, 0.15) is 92.3 Å². The van der Waals surface area contributed by atoms with Gasteiger partial charge < -0.3 is 10.6 Å². The lowest BCUT2D eigenvalue weighted by atomic mass is 9.86. The van der Waals surface area contributed by atoms with E-state index in [0.717, 1.165) is 62.5 Å². The number of hydrogen-bond acceptors (Lipinski definition) is 6. The summed E-state index contributed by atoms with van der Waals surface area (Å²) in [5.41, 5.74) is 4.17. The summed E-state index contributed by atoms with van der Waals surface area (Å²) in [6.45, 7) is 4.39. The van der Waals surface area contributed by atoms with Gasteiger partial charge in [0.1, 0.15) is 22.1 Å². The maximum Gasteiger partial charge on any atom is 0.256 e. The zero-order valence-corrected chi connectivity index (χ0v) is 23.3. The Morgan fingerprint density at radius 3 is 1.53 bits per heavy atom. The molecule has 0 aliphatic heterocycles. The van der Waals surface area contributed by atoms with E-state index in [9.17, 15) is 20.1 Å². The second kappa shape index (κ2) is 11.1. The van der Waals surface area contributed by atoms with Crippen LogP contribution >= 0.6 is 22.7 Å². The van der Waals surface area contributed by atoms with Crippen LogP contribution in [-0.4, -0.2) is 11.8 Å². The summed E-state index contributed by atoms with van der Waals surface area (Å²) >= 11 is 3.02. The molecule has 0 radical (unpaired) electrons. The number of fused-ring (bicyclic) bond motifs is 2. The average Bonchev–Trinajstić information content (AvgIpc) is 3.47. The topological polar surface area (TPSA) is 106 Å². The Morgan fingerprint density at radius 2 is 1.18 bits per heavy atom. The smallest absolute Gasteiger partial charge is 0.256 e. The normalized spacial score (nSPS) is 18.0. The molecule has 0 bridgehead atoms. The fraction of sp³-hybridized carbons (Fsp3) is 0.400. The first-order valence-electron chi connectivity index (χ1n) is 13.3. The molecule has 2 aliphatic carbocycles. The van der Waals surface area contributed by atoms with E-state index in [1.54, 1.807) is 24.3 Å². The highest BCUT2D eigenvalue weighted by Crippen LogP contribution is 2.41. The molecule has 0 saturated carbocycles. The van der Waals surface area contributed by atoms with Crippen molar-refractivity contribution < 1.29 is 9.59 Å². The van der Waals surface area contributed by atoms with Crippen molar-refractivity contribution in [2.24, 2.45) is 11.8 Å². The predicted molar refractivity (Wildman–Crippen MR) is 152 cm³/mol. The van der Waals surface area contributed by atoms with Gasteiger partial charge in [-0.1, -0.05) is 26.7 Å². The lowest BCUT2D eigenvalue weighted by Crippen LogP contribution is -2.14. The molecule has 0 spiro atoms. The standard InChI is InChI=1S/C30H30N4O2S2/c1-3-17-5-11-21-23(15-31)29(37-25(21)13-17)33-27(35)19-7-9-20(10-8-19)28(36)34-30-24(16-32)22-12-6-18(4-2)14-26(22)38-30/h7-10,17-18H,3-6,11-14H2,1-2H3,(H,33,35)(H,34,36). The van der Waals surface area contributed by atoms with Crippen LogP contribution in [0.2, 0.25) is 0 Å². The zero-order valence-electron chi connectivity index (χ0n) is 21.6. The van der Waals surface area contributed by atoms with Crippen LogP contribution in [-0.2, 0) is 25.7 Å². The van der Waals surface area contributed by atoms with Gasteiger partial charge in [-0.15, -0.1) is 22.7 Å². The van der Waals surface area contributed by atoms with E-state index >= 15 is 0 Å². The highest BCUT2D eigenvalue weighted by molar-refractivity contribution is 7.17. The summed E-state index contributed by atoms with van der Waals surface area (Å²) in [5.74, 6) is 0.656. The van der Waals surface area contributed by atoms with Crippen molar-refractivity contribution in [2.75, 3.05) is 10.6 Å². The number of carbonyl (C=O) groups is 2. The molecule has 2 N–H and O–H groups in total. The monoisotopic (exact) mass is 542 g/mol. The minimum Gasteiger partial charge on any atom is -0.312 e. The van der Waals surface area contributed by atoms with E-state index in [0.29, 0.717) is 44.1 Å². The van der Waals surface area contributed by atoms with Crippen molar-refractivity contribution in [3.63, 3.8) is 0 Å². The van der Waals surface area contributed by atoms with E-state index in [1.807, 2.05) is 0 Å². The van der Waals surface area contributed by atoms with Crippen molar-refractivity contribution >= 4 is 44.5 Å². The van der Waals surface area contributed by atoms with Crippen LogP contribution in [0.25, 0.3) is 0 Å². The highest BCUT2D eigenvalue weighted by atomic mass is 32.1. The maximum absolute atomic E-state index is 13.0. The molecular formula is C30H30N4O2S2. The third kappa shape index (κ3) is 4.99. The van der Waals surface area contributed by atoms with Gasteiger partial charge in [0.05, 0.1) is 11.1 Å². The minimum absolute atomic E-state index is 0.303. The minimum atomic E-state index is -0.303. The molecule has 2 aromatic heterocycles. The van der Waals surface area contributed by atoms with E-state index in [4.69, 9.17) is 0 Å². The van der Waals surface area contributed by atoms with E-state index < -0.39 is 0 Å². The van der Waals surface area contributed by atoms with Gasteiger partial charge >= 0.3 is 0 Å². The number of hydrogen-bond donors (Lipinski definition) is 2. The van der Waals surface area contributed by atoms with E-state index in [1.165, 1.54) is 32.4 Å². The molecule has 0 fully saturated rings. The molecule has 194 valence electrons. The molecular weight excluding hydrogens is 512 g/mol. The van der Waals surface area contributed by atoms with Gasteiger partial charge in [-0.25, -0.2) is 0 Å². The number of thiophene rings is 2. The molecule has 2 heterocycles. The molecule has 2 aliphatic rings. The maximum atomic E-state index is 13.0. The highest BCUT2D eigenvalue weighted by Gasteiger charge is 2.27. The number of nitrogens with one attached hydrogen (secondary N) is 2. The fourth-order valence-corrected chi connectivity index (χ4v) is 8.16. The Labute approximate surface area is 231 Å². The van der Waals surface area contributed by atoms with Crippen LogP contribution < -0.4 is 10.6 Å². The predicted octanol–water partition coefficient (Wildman–Crippen LogP) is 7.09. The van der Waals surface area contributed by atoms with Crippen molar-refractivity contribution in [1.82, 2.24) is 0 Å². The number of anilines is 2. The number of nitrogens with zero attached hydrogens (tertiary/aromatic N) is 2. The Hall–Kier alpha value is -3.46. The zero-order chi connectivity index (χ0) is 26.8. The Bertz CT molecular complexity index is 1360. The van der Waals surface area contributed by atoms with E-state index in [2.05, 4.69) is 36.6 Å². The van der Waals surface area contributed by atoms with Crippen molar-refractivity contribution in [3.05, 3.63) is 67.4 Å². The van der Waals surface area contributed by atoms with Gasteiger partial charge in [0.25, 0.3) is 11.8 Å². The molecule has 2 amide bonds. The molecule has 0 saturated heterocycles. The van der Waals surface area contributed by atoms with E-state index in [-0.39, 0.29) is 11.8 Å². The fourth-order valence-electron chi connectivity index (χ4n) is 5.54. The van der Waals surface area contributed by atoms with Crippen molar-refractivity contribution in [2.45, 2.75) is 65.2 Å². The summed E-state index contributed by atoms with van der Waals surface area (Å²) in [4.78, 5) is 28.4.